The van der Waals surface area contributed by atoms with Gasteiger partial charge in [-0.2, -0.15) is 0 Å². The van der Waals surface area contributed by atoms with Crippen LogP contribution < -0.4 is 14.8 Å². The summed E-state index contributed by atoms with van der Waals surface area (Å²) in [5.74, 6) is 0.463. The van der Waals surface area contributed by atoms with Crippen molar-refractivity contribution in [3.8, 4) is 5.75 Å². The number of nitrogens with one attached hydrogen (secondary N) is 2. The molecule has 1 unspecified atom stereocenters. The predicted octanol–water partition coefficient (Wildman–Crippen LogP) is 4.37. The maximum Gasteiger partial charge on any atom is 0.261 e. The minimum atomic E-state index is -3.83. The van der Waals surface area contributed by atoms with E-state index in [0.29, 0.717) is 12.2 Å². The monoisotopic (exact) mass is 493 g/mol. The number of aryl methyl sites for hydroxylation is 1. The average molecular weight is 494 g/mol. The minimum absolute atomic E-state index is 0.0338. The zero-order valence-corrected chi connectivity index (χ0v) is 20.8. The van der Waals surface area contributed by atoms with E-state index >= 15 is 0 Å². The molecule has 0 radical (unpaired) electrons. The van der Waals surface area contributed by atoms with Crippen molar-refractivity contribution in [1.82, 2.24) is 10.2 Å². The number of likely N-dealkylation sites (tertiary alicyclic amines) is 1. The Morgan fingerprint density at radius 2 is 1.71 bits per heavy atom. The highest BCUT2D eigenvalue weighted by molar-refractivity contribution is 7.92. The van der Waals surface area contributed by atoms with E-state index in [9.17, 15) is 13.2 Å². The molecule has 1 aliphatic rings. The normalized spacial score (nSPS) is 14.9. The Balaban J connectivity index is 1.50. The standard InChI is InChI=1S/C27H31N3O4S/c1-20-12-14-22(15-13-20)29-35(32,33)23-9-7-8-21(18-23)27(31)28-19-25(30-16-5-6-17-30)24-10-3-4-11-26(24)34-2/h3-4,7-15,18,25,29H,5-6,16-17,19H2,1-2H3,(H,28,31). The van der Waals surface area contributed by atoms with Gasteiger partial charge in [-0.25, -0.2) is 8.42 Å². The Morgan fingerprint density at radius 1 is 1.00 bits per heavy atom. The lowest BCUT2D eigenvalue weighted by molar-refractivity contribution is 0.0937. The molecule has 8 heteroatoms. The van der Waals surface area contributed by atoms with E-state index < -0.39 is 10.0 Å². The van der Waals surface area contributed by atoms with E-state index in [1.165, 1.54) is 12.1 Å². The van der Waals surface area contributed by atoms with Crippen molar-refractivity contribution in [2.45, 2.75) is 30.7 Å². The van der Waals surface area contributed by atoms with Gasteiger partial charge in [-0.3, -0.25) is 14.4 Å². The molecule has 1 heterocycles. The molecule has 0 spiro atoms. The summed E-state index contributed by atoms with van der Waals surface area (Å²) in [4.78, 5) is 15.4. The summed E-state index contributed by atoms with van der Waals surface area (Å²) < 4.78 is 33.9. The lowest BCUT2D eigenvalue weighted by atomic mass is 10.0. The maximum absolute atomic E-state index is 13.0. The SMILES string of the molecule is COc1ccccc1C(CNC(=O)c1cccc(S(=O)(=O)Nc2ccc(C)cc2)c1)N1CCCC1. The summed E-state index contributed by atoms with van der Waals surface area (Å²) >= 11 is 0. The quantitative estimate of drug-likeness (QED) is 0.462. The van der Waals surface area contributed by atoms with Crippen LogP contribution in [-0.2, 0) is 10.0 Å². The topological polar surface area (TPSA) is 87.7 Å². The number of nitrogens with zero attached hydrogens (tertiary/aromatic N) is 1. The maximum atomic E-state index is 13.0. The van der Waals surface area contributed by atoms with Gasteiger partial charge >= 0.3 is 0 Å². The number of hydrogen-bond acceptors (Lipinski definition) is 5. The number of sulfonamides is 1. The average Bonchev–Trinajstić information content (AvgIpc) is 3.40. The molecule has 0 aliphatic carbocycles. The molecule has 1 fully saturated rings. The first-order chi connectivity index (χ1) is 16.9. The Bertz CT molecular complexity index is 1270. The molecule has 2 N–H and O–H groups in total. The Labute approximate surface area is 207 Å². The number of para-hydroxylation sites is 1. The van der Waals surface area contributed by atoms with Crippen LogP contribution in [0.25, 0.3) is 0 Å². The lowest BCUT2D eigenvalue weighted by Crippen LogP contribution is -2.37. The van der Waals surface area contributed by atoms with Crippen LogP contribution in [0.1, 0.15) is 40.4 Å². The molecule has 1 amide bonds. The van der Waals surface area contributed by atoms with Gasteiger partial charge in [0.25, 0.3) is 15.9 Å². The zero-order chi connectivity index (χ0) is 24.8. The van der Waals surface area contributed by atoms with Crippen molar-refractivity contribution in [3.05, 3.63) is 89.5 Å². The van der Waals surface area contributed by atoms with Gasteiger partial charge in [0.1, 0.15) is 5.75 Å². The second-order valence-corrected chi connectivity index (χ2v) is 10.4. The van der Waals surface area contributed by atoms with Crippen LogP contribution in [0.2, 0.25) is 0 Å². The third-order valence-electron chi connectivity index (χ3n) is 6.25. The Kier molecular flexibility index (Phi) is 7.73. The molecule has 184 valence electrons. The first-order valence-electron chi connectivity index (χ1n) is 11.7. The minimum Gasteiger partial charge on any atom is -0.496 e. The molecular weight excluding hydrogens is 462 g/mol. The highest BCUT2D eigenvalue weighted by Gasteiger charge is 2.26. The molecule has 3 aromatic carbocycles. The molecule has 1 aliphatic heterocycles. The van der Waals surface area contributed by atoms with E-state index in [1.54, 1.807) is 31.4 Å². The molecule has 0 aromatic heterocycles. The van der Waals surface area contributed by atoms with E-state index in [0.717, 1.165) is 42.8 Å². The highest BCUT2D eigenvalue weighted by Crippen LogP contribution is 2.31. The van der Waals surface area contributed by atoms with E-state index in [2.05, 4.69) is 14.9 Å². The van der Waals surface area contributed by atoms with Crippen molar-refractivity contribution in [1.29, 1.82) is 0 Å². The molecule has 35 heavy (non-hydrogen) atoms. The number of hydrogen-bond donors (Lipinski definition) is 2. The first-order valence-corrected chi connectivity index (χ1v) is 13.2. The predicted molar refractivity (Wildman–Crippen MR) is 137 cm³/mol. The first kappa shape index (κ1) is 24.8. The number of methoxy groups -OCH3 is 1. The number of amides is 1. The molecule has 1 atom stereocenters. The van der Waals surface area contributed by atoms with Gasteiger partial charge in [0, 0.05) is 23.4 Å². The van der Waals surface area contributed by atoms with Crippen molar-refractivity contribution in [2.24, 2.45) is 0 Å². The van der Waals surface area contributed by atoms with Gasteiger partial charge in [0.05, 0.1) is 18.0 Å². The summed E-state index contributed by atoms with van der Waals surface area (Å²) in [6.45, 7) is 4.23. The van der Waals surface area contributed by atoms with Crippen molar-refractivity contribution in [2.75, 3.05) is 31.5 Å². The van der Waals surface area contributed by atoms with Gasteiger partial charge in [-0.05, 0) is 69.3 Å². The number of rotatable bonds is 9. The fourth-order valence-electron chi connectivity index (χ4n) is 4.36. The Morgan fingerprint density at radius 3 is 2.43 bits per heavy atom. The van der Waals surface area contributed by atoms with Crippen LogP contribution >= 0.6 is 0 Å². The summed E-state index contributed by atoms with van der Waals surface area (Å²) in [5, 5.41) is 3.01. The van der Waals surface area contributed by atoms with E-state index in [1.807, 2.05) is 43.3 Å². The van der Waals surface area contributed by atoms with Gasteiger partial charge in [-0.1, -0.05) is 42.0 Å². The van der Waals surface area contributed by atoms with Crippen molar-refractivity contribution in [3.63, 3.8) is 0 Å². The largest absolute Gasteiger partial charge is 0.496 e. The molecule has 1 saturated heterocycles. The number of ether oxygens (including phenoxy) is 1. The van der Waals surface area contributed by atoms with Gasteiger partial charge in [-0.15, -0.1) is 0 Å². The zero-order valence-electron chi connectivity index (χ0n) is 20.0. The second kappa shape index (κ2) is 10.9. The number of carbonyl (C=O) groups is 1. The number of anilines is 1. The van der Waals surface area contributed by atoms with Crippen molar-refractivity contribution < 1.29 is 17.9 Å². The van der Waals surface area contributed by atoms with Gasteiger partial charge in [0.2, 0.25) is 0 Å². The molecule has 0 bridgehead atoms. The van der Waals surface area contributed by atoms with Crippen molar-refractivity contribution >= 4 is 21.6 Å². The van der Waals surface area contributed by atoms with Crippen LogP contribution in [-0.4, -0.2) is 46.0 Å². The lowest BCUT2D eigenvalue weighted by Gasteiger charge is -2.29. The van der Waals surface area contributed by atoms with Gasteiger partial charge < -0.3 is 10.1 Å². The molecule has 3 aromatic rings. The van der Waals surface area contributed by atoms with E-state index in [4.69, 9.17) is 4.74 Å². The molecule has 4 rings (SSSR count). The number of benzene rings is 3. The summed E-state index contributed by atoms with van der Waals surface area (Å²) in [6.07, 6.45) is 2.24. The van der Waals surface area contributed by atoms with Crippen LogP contribution in [0, 0.1) is 6.92 Å². The van der Waals surface area contributed by atoms with Crippen LogP contribution in [0.15, 0.2) is 77.7 Å². The molecule has 0 saturated carbocycles. The summed E-state index contributed by atoms with van der Waals surface area (Å²) in [7, 11) is -2.19. The third-order valence-corrected chi connectivity index (χ3v) is 7.62. The third kappa shape index (κ3) is 6.01. The van der Waals surface area contributed by atoms with Crippen LogP contribution in [0.5, 0.6) is 5.75 Å². The molecule has 7 nitrogen and oxygen atoms in total. The fraction of sp³-hybridized carbons (Fsp3) is 0.296. The smallest absolute Gasteiger partial charge is 0.261 e. The molecular formula is C27H31N3O4S. The number of carbonyl (C=O) groups excluding carboxylic acids is 1. The Hall–Kier alpha value is -3.36. The summed E-state index contributed by atoms with van der Waals surface area (Å²) in [5.41, 5.74) is 2.82. The van der Waals surface area contributed by atoms with Crippen LogP contribution in [0.4, 0.5) is 5.69 Å². The summed E-state index contributed by atoms with van der Waals surface area (Å²) in [6, 6.07) is 21.0. The highest BCUT2D eigenvalue weighted by atomic mass is 32.2. The fourth-order valence-corrected chi connectivity index (χ4v) is 5.47. The second-order valence-electron chi connectivity index (χ2n) is 8.71. The van der Waals surface area contributed by atoms with Crippen LogP contribution in [0.3, 0.4) is 0 Å². The van der Waals surface area contributed by atoms with Gasteiger partial charge in [0.15, 0.2) is 0 Å². The van der Waals surface area contributed by atoms with E-state index in [-0.39, 0.29) is 22.4 Å².